The molecule has 1 aromatic carbocycles. The number of hydrogen-bond donors (Lipinski definition) is 2. The molecular formula is C25H22ClN3O3S2. The molecule has 0 unspecified atom stereocenters. The number of hydrogen-bond acceptors (Lipinski definition) is 5. The molecule has 1 fully saturated rings. The Balaban J connectivity index is 1.50. The molecule has 2 N–H and O–H groups in total. The molecule has 1 amide bonds. The molecule has 5 rings (SSSR count). The molecule has 34 heavy (non-hydrogen) atoms. The van der Waals surface area contributed by atoms with Gasteiger partial charge >= 0.3 is 5.97 Å². The number of fused-ring (bicyclic) bond motifs is 1. The standard InChI is InChI=1S/C25H22ClN3O3S2/c1-13-11-15(12-20-22(30)28-25(34-20)27-17-9-7-16(26)8-10-17)14(2)29(13)23-21(24(31)32)18-5-3-4-6-19(18)33-23/h7-12H,3-6H2,1-2H3,(H,31,32)(H,27,28,30)/b20-12-. The number of aliphatic imine (C=N–C) groups is 1. The summed E-state index contributed by atoms with van der Waals surface area (Å²) in [5.41, 5.74) is 4.83. The molecule has 6 nitrogen and oxygen atoms in total. The Kier molecular flexibility index (Phi) is 6.14. The van der Waals surface area contributed by atoms with Gasteiger partial charge in [-0.05, 0) is 98.8 Å². The van der Waals surface area contributed by atoms with Gasteiger partial charge in [-0.1, -0.05) is 11.6 Å². The largest absolute Gasteiger partial charge is 0.478 e. The minimum Gasteiger partial charge on any atom is -0.478 e. The zero-order chi connectivity index (χ0) is 24.0. The van der Waals surface area contributed by atoms with Crippen molar-refractivity contribution in [3.05, 3.63) is 73.2 Å². The number of carbonyl (C=O) groups excluding carboxylic acids is 1. The third-order valence-electron chi connectivity index (χ3n) is 6.03. The summed E-state index contributed by atoms with van der Waals surface area (Å²) >= 11 is 8.79. The summed E-state index contributed by atoms with van der Waals surface area (Å²) in [6.07, 6.45) is 5.71. The number of rotatable bonds is 4. The normalized spacial score (nSPS) is 17.9. The maximum atomic E-state index is 12.6. The van der Waals surface area contributed by atoms with Crippen molar-refractivity contribution in [1.29, 1.82) is 0 Å². The van der Waals surface area contributed by atoms with E-state index in [0.717, 1.165) is 53.2 Å². The van der Waals surface area contributed by atoms with Crippen LogP contribution in [0.5, 0.6) is 0 Å². The van der Waals surface area contributed by atoms with E-state index >= 15 is 0 Å². The second-order valence-electron chi connectivity index (χ2n) is 8.32. The van der Waals surface area contributed by atoms with Crippen LogP contribution < -0.4 is 5.32 Å². The van der Waals surface area contributed by atoms with Crippen LogP contribution in [-0.4, -0.2) is 26.7 Å². The molecule has 0 saturated carbocycles. The van der Waals surface area contributed by atoms with Gasteiger partial charge in [-0.2, -0.15) is 0 Å². The summed E-state index contributed by atoms with van der Waals surface area (Å²) in [6, 6.07) is 9.08. The molecule has 0 atom stereocenters. The summed E-state index contributed by atoms with van der Waals surface area (Å²) in [4.78, 5) is 31.0. The Morgan fingerprint density at radius 2 is 1.94 bits per heavy atom. The lowest BCUT2D eigenvalue weighted by Crippen LogP contribution is -2.19. The topological polar surface area (TPSA) is 83.7 Å². The van der Waals surface area contributed by atoms with Gasteiger partial charge in [0.25, 0.3) is 5.91 Å². The molecule has 3 heterocycles. The Hall–Kier alpha value is -2.81. The molecule has 9 heteroatoms. The van der Waals surface area contributed by atoms with E-state index in [0.29, 0.717) is 26.3 Å². The molecule has 1 saturated heterocycles. The number of aryl methyl sites for hydroxylation is 2. The summed E-state index contributed by atoms with van der Waals surface area (Å²) in [6.45, 7) is 3.93. The number of carboxylic acids is 1. The summed E-state index contributed by atoms with van der Waals surface area (Å²) in [5, 5.41) is 14.7. The highest BCUT2D eigenvalue weighted by molar-refractivity contribution is 8.18. The average molecular weight is 512 g/mol. The van der Waals surface area contributed by atoms with Crippen molar-refractivity contribution in [3.63, 3.8) is 0 Å². The Bertz CT molecular complexity index is 1380. The molecule has 0 radical (unpaired) electrons. The van der Waals surface area contributed by atoms with Crippen LogP contribution in [0.25, 0.3) is 11.1 Å². The van der Waals surface area contributed by atoms with Gasteiger partial charge in [-0.3, -0.25) is 4.79 Å². The van der Waals surface area contributed by atoms with Crippen molar-refractivity contribution in [2.24, 2.45) is 4.99 Å². The van der Waals surface area contributed by atoms with E-state index < -0.39 is 5.97 Å². The van der Waals surface area contributed by atoms with Crippen molar-refractivity contribution >= 4 is 63.5 Å². The lowest BCUT2D eigenvalue weighted by molar-refractivity contribution is -0.115. The first kappa shape index (κ1) is 23.0. The first-order chi connectivity index (χ1) is 16.3. The van der Waals surface area contributed by atoms with E-state index in [1.807, 2.05) is 30.6 Å². The van der Waals surface area contributed by atoms with Gasteiger partial charge in [0.2, 0.25) is 0 Å². The number of aromatic nitrogens is 1. The van der Waals surface area contributed by atoms with Crippen LogP contribution in [0.1, 0.15) is 50.6 Å². The molecule has 1 aliphatic heterocycles. The molecule has 3 aromatic rings. The number of carboxylic acid groups (broad SMARTS) is 1. The van der Waals surface area contributed by atoms with Gasteiger partial charge in [0.1, 0.15) is 5.00 Å². The third kappa shape index (κ3) is 4.21. The van der Waals surface area contributed by atoms with Gasteiger partial charge < -0.3 is 15.0 Å². The van der Waals surface area contributed by atoms with Gasteiger partial charge in [-0.15, -0.1) is 11.3 Å². The maximum absolute atomic E-state index is 12.6. The Morgan fingerprint density at radius 3 is 2.68 bits per heavy atom. The first-order valence-corrected chi connectivity index (χ1v) is 12.9. The number of benzene rings is 1. The van der Waals surface area contributed by atoms with Gasteiger partial charge in [-0.25, -0.2) is 9.79 Å². The second kappa shape index (κ2) is 9.09. The van der Waals surface area contributed by atoms with Gasteiger partial charge in [0.05, 0.1) is 16.2 Å². The van der Waals surface area contributed by atoms with Gasteiger partial charge in [0.15, 0.2) is 5.17 Å². The summed E-state index contributed by atoms with van der Waals surface area (Å²) in [7, 11) is 0. The van der Waals surface area contributed by atoms with E-state index in [1.165, 1.54) is 16.6 Å². The number of carbonyl (C=O) groups is 2. The number of aromatic carboxylic acids is 1. The highest BCUT2D eigenvalue weighted by atomic mass is 35.5. The number of halogens is 1. The Labute approximate surface area is 210 Å². The molecule has 2 aromatic heterocycles. The van der Waals surface area contributed by atoms with Crippen molar-refractivity contribution in [2.45, 2.75) is 39.5 Å². The van der Waals surface area contributed by atoms with Crippen LogP contribution in [-0.2, 0) is 17.6 Å². The van der Waals surface area contributed by atoms with Crippen LogP contribution >= 0.6 is 34.7 Å². The van der Waals surface area contributed by atoms with Crippen molar-refractivity contribution in [3.8, 4) is 5.00 Å². The van der Waals surface area contributed by atoms with Crippen LogP contribution in [0.4, 0.5) is 5.69 Å². The van der Waals surface area contributed by atoms with Crippen molar-refractivity contribution in [2.75, 3.05) is 0 Å². The molecule has 1 aliphatic carbocycles. The van der Waals surface area contributed by atoms with E-state index in [9.17, 15) is 14.7 Å². The fourth-order valence-corrected chi connectivity index (χ4v) is 6.88. The van der Waals surface area contributed by atoms with E-state index in [2.05, 4.69) is 10.3 Å². The van der Waals surface area contributed by atoms with Crippen molar-refractivity contribution in [1.82, 2.24) is 9.88 Å². The van der Waals surface area contributed by atoms with Crippen LogP contribution in [0.3, 0.4) is 0 Å². The molecular weight excluding hydrogens is 490 g/mol. The van der Waals surface area contributed by atoms with Crippen LogP contribution in [0.15, 0.2) is 40.2 Å². The van der Waals surface area contributed by atoms with Crippen molar-refractivity contribution < 1.29 is 14.7 Å². The maximum Gasteiger partial charge on any atom is 0.339 e. The zero-order valence-electron chi connectivity index (χ0n) is 18.6. The van der Waals surface area contributed by atoms with Gasteiger partial charge in [0, 0.05) is 21.3 Å². The smallest absolute Gasteiger partial charge is 0.339 e. The third-order valence-corrected chi connectivity index (χ3v) is 8.47. The second-order valence-corrected chi connectivity index (χ2v) is 10.9. The lowest BCUT2D eigenvalue weighted by Gasteiger charge is -2.11. The number of thiophene rings is 1. The van der Waals surface area contributed by atoms with Crippen LogP contribution in [0.2, 0.25) is 5.02 Å². The average Bonchev–Trinajstić information content (AvgIpc) is 3.43. The first-order valence-electron chi connectivity index (χ1n) is 10.9. The van der Waals surface area contributed by atoms with E-state index in [4.69, 9.17) is 11.6 Å². The van der Waals surface area contributed by atoms with Crippen LogP contribution in [0, 0.1) is 13.8 Å². The highest BCUT2D eigenvalue weighted by Crippen LogP contribution is 2.39. The number of nitrogens with one attached hydrogen (secondary N) is 1. The zero-order valence-corrected chi connectivity index (χ0v) is 21.0. The quantitative estimate of drug-likeness (QED) is 0.404. The molecule has 2 aliphatic rings. The van der Waals surface area contributed by atoms with E-state index in [-0.39, 0.29) is 5.91 Å². The minimum atomic E-state index is -0.879. The molecule has 0 spiro atoms. The lowest BCUT2D eigenvalue weighted by atomic mass is 9.95. The number of amides is 1. The predicted molar refractivity (Wildman–Crippen MR) is 139 cm³/mol. The summed E-state index contributed by atoms with van der Waals surface area (Å²) in [5.74, 6) is -1.09. The molecule has 0 bridgehead atoms. The fraction of sp³-hybridized carbons (Fsp3) is 0.240. The minimum absolute atomic E-state index is 0.208. The fourth-order valence-electron chi connectivity index (χ4n) is 4.43. The SMILES string of the molecule is Cc1cc(/C=C2\SC(=Nc3ccc(Cl)cc3)NC2=O)c(C)n1-c1sc2c(c1C(=O)O)CCCC2. The molecule has 174 valence electrons. The Morgan fingerprint density at radius 1 is 1.21 bits per heavy atom. The number of amidine groups is 1. The van der Waals surface area contributed by atoms with E-state index in [1.54, 1.807) is 35.6 Å². The number of thioether (sulfide) groups is 1. The summed E-state index contributed by atoms with van der Waals surface area (Å²) < 4.78 is 2.01. The predicted octanol–water partition coefficient (Wildman–Crippen LogP) is 6.28. The monoisotopic (exact) mass is 511 g/mol. The highest BCUT2D eigenvalue weighted by Gasteiger charge is 2.28. The number of nitrogens with zero attached hydrogens (tertiary/aromatic N) is 2.